The number of anilines is 1. The van der Waals surface area contributed by atoms with Crippen molar-refractivity contribution in [3.8, 4) is 0 Å². The van der Waals surface area contributed by atoms with Crippen LogP contribution in [0.3, 0.4) is 0 Å². The molecule has 3 rings (SSSR count). The van der Waals surface area contributed by atoms with Gasteiger partial charge in [0, 0.05) is 30.2 Å². The molecule has 1 aromatic rings. The van der Waals surface area contributed by atoms with Gasteiger partial charge in [0.1, 0.15) is 5.71 Å². The quantitative estimate of drug-likeness (QED) is 0.846. The first-order valence-electron chi connectivity index (χ1n) is 8.50. The van der Waals surface area contributed by atoms with Gasteiger partial charge in [0.15, 0.2) is 0 Å². The Labute approximate surface area is 158 Å². The summed E-state index contributed by atoms with van der Waals surface area (Å²) in [6.45, 7) is 5.76. The Morgan fingerprint density at radius 2 is 1.88 bits per heavy atom. The average Bonchev–Trinajstić information content (AvgIpc) is 2.58. The Kier molecular flexibility index (Phi) is 5.67. The van der Waals surface area contributed by atoms with E-state index in [1.165, 1.54) is 6.42 Å². The maximum absolute atomic E-state index is 12.6. The highest BCUT2D eigenvalue weighted by atomic mass is 35.5. The maximum atomic E-state index is 12.6. The van der Waals surface area contributed by atoms with Crippen molar-refractivity contribution in [2.75, 3.05) is 18.1 Å². The lowest BCUT2D eigenvalue weighted by atomic mass is 10.1. The van der Waals surface area contributed by atoms with E-state index < -0.39 is 0 Å². The van der Waals surface area contributed by atoms with Gasteiger partial charge >= 0.3 is 0 Å². The minimum atomic E-state index is -0.149. The summed E-state index contributed by atoms with van der Waals surface area (Å²) >= 11 is 12.3. The van der Waals surface area contributed by atoms with Gasteiger partial charge in [0.25, 0.3) is 5.91 Å². The van der Waals surface area contributed by atoms with Crippen LogP contribution in [0.25, 0.3) is 0 Å². The summed E-state index contributed by atoms with van der Waals surface area (Å²) in [5.41, 5.74) is 6.24. The molecule has 0 radical (unpaired) electrons. The summed E-state index contributed by atoms with van der Waals surface area (Å²) < 4.78 is 0. The summed E-state index contributed by atoms with van der Waals surface area (Å²) in [7, 11) is 0. The molecule has 1 amide bonds. The third kappa shape index (κ3) is 4.17. The second-order valence-electron chi connectivity index (χ2n) is 6.49. The van der Waals surface area contributed by atoms with Gasteiger partial charge in [-0.3, -0.25) is 10.2 Å². The SMILES string of the molecule is CC1=C(C)N(c2ccc(Cl)cc2Cl)N=C(C(=O)NN2CCCCC2)C1. The fraction of sp³-hybridized carbons (Fsp3) is 0.444. The zero-order valence-corrected chi connectivity index (χ0v) is 16.0. The summed E-state index contributed by atoms with van der Waals surface area (Å²) in [4.78, 5) is 12.6. The fourth-order valence-corrected chi connectivity index (χ4v) is 3.51. The van der Waals surface area contributed by atoms with Gasteiger partial charge in [-0.15, -0.1) is 0 Å². The van der Waals surface area contributed by atoms with Crippen molar-refractivity contribution in [1.82, 2.24) is 10.4 Å². The highest BCUT2D eigenvalue weighted by molar-refractivity contribution is 6.40. The van der Waals surface area contributed by atoms with Crippen molar-refractivity contribution in [3.05, 3.63) is 39.5 Å². The van der Waals surface area contributed by atoms with E-state index in [4.69, 9.17) is 23.2 Å². The van der Waals surface area contributed by atoms with E-state index in [9.17, 15) is 4.79 Å². The summed E-state index contributed by atoms with van der Waals surface area (Å²) in [6, 6.07) is 5.26. The molecule has 25 heavy (non-hydrogen) atoms. The zero-order chi connectivity index (χ0) is 18.0. The van der Waals surface area contributed by atoms with Gasteiger partial charge in [-0.25, -0.2) is 10.0 Å². The summed E-state index contributed by atoms with van der Waals surface area (Å²) in [5, 5.41) is 9.34. The number of hydrazone groups is 1. The van der Waals surface area contributed by atoms with Gasteiger partial charge in [0.2, 0.25) is 0 Å². The van der Waals surface area contributed by atoms with Crippen molar-refractivity contribution in [2.24, 2.45) is 5.10 Å². The number of hydrogen-bond acceptors (Lipinski definition) is 4. The molecule has 0 aliphatic carbocycles. The molecule has 0 bridgehead atoms. The summed E-state index contributed by atoms with van der Waals surface area (Å²) in [5.74, 6) is -0.149. The minimum Gasteiger partial charge on any atom is -0.284 e. The number of benzene rings is 1. The predicted molar refractivity (Wildman–Crippen MR) is 103 cm³/mol. The highest BCUT2D eigenvalue weighted by Crippen LogP contribution is 2.34. The van der Waals surface area contributed by atoms with Crippen LogP contribution in [0.1, 0.15) is 39.5 Å². The van der Waals surface area contributed by atoms with Crippen LogP contribution in [0.2, 0.25) is 10.0 Å². The number of piperidine rings is 1. The minimum absolute atomic E-state index is 0.149. The van der Waals surface area contributed by atoms with Crippen LogP contribution in [0, 0.1) is 0 Å². The number of amides is 1. The Morgan fingerprint density at radius 3 is 2.56 bits per heavy atom. The molecule has 2 heterocycles. The first-order chi connectivity index (χ1) is 12.0. The number of halogens is 2. The molecule has 134 valence electrons. The Balaban J connectivity index is 1.84. The molecule has 1 N–H and O–H groups in total. The third-order valence-electron chi connectivity index (χ3n) is 4.60. The molecule has 2 aliphatic heterocycles. The van der Waals surface area contributed by atoms with Crippen LogP contribution < -0.4 is 10.4 Å². The predicted octanol–water partition coefficient (Wildman–Crippen LogP) is 4.37. The molecule has 0 saturated carbocycles. The largest absolute Gasteiger partial charge is 0.284 e. The van der Waals surface area contributed by atoms with Crippen LogP contribution in [0.5, 0.6) is 0 Å². The second kappa shape index (κ2) is 7.77. The van der Waals surface area contributed by atoms with Crippen LogP contribution in [0.15, 0.2) is 34.6 Å². The number of hydrazine groups is 1. The monoisotopic (exact) mass is 380 g/mol. The number of nitrogens with one attached hydrogen (secondary N) is 1. The molecule has 0 unspecified atom stereocenters. The van der Waals surface area contributed by atoms with Gasteiger partial charge in [-0.2, -0.15) is 5.10 Å². The normalized spacial score (nSPS) is 19.0. The maximum Gasteiger partial charge on any atom is 0.282 e. The number of rotatable bonds is 3. The molecule has 1 aromatic carbocycles. The van der Waals surface area contributed by atoms with Gasteiger partial charge in [-0.05, 0) is 50.5 Å². The van der Waals surface area contributed by atoms with Crippen molar-refractivity contribution in [3.63, 3.8) is 0 Å². The zero-order valence-electron chi connectivity index (χ0n) is 14.5. The molecule has 7 heteroatoms. The molecule has 1 fully saturated rings. The van der Waals surface area contributed by atoms with E-state index in [1.54, 1.807) is 17.1 Å². The summed E-state index contributed by atoms with van der Waals surface area (Å²) in [6.07, 6.45) is 3.97. The average molecular weight is 381 g/mol. The Bertz CT molecular complexity index is 739. The lowest BCUT2D eigenvalue weighted by molar-refractivity contribution is -0.119. The topological polar surface area (TPSA) is 47.9 Å². The Hall–Kier alpha value is -1.56. The van der Waals surface area contributed by atoms with Gasteiger partial charge in [0.05, 0.1) is 10.7 Å². The fourth-order valence-electron chi connectivity index (χ4n) is 3.02. The van der Waals surface area contributed by atoms with E-state index in [2.05, 4.69) is 10.5 Å². The standard InChI is InChI=1S/C18H22Cl2N4O/c1-12-10-16(18(25)22-23-8-4-3-5-9-23)21-24(13(12)2)17-7-6-14(19)11-15(17)20/h6-7,11H,3-5,8-10H2,1-2H3,(H,22,25). The molecule has 0 atom stereocenters. The lowest BCUT2D eigenvalue weighted by Crippen LogP contribution is -2.48. The van der Waals surface area contributed by atoms with Crippen LogP contribution in [0.4, 0.5) is 5.69 Å². The van der Waals surface area contributed by atoms with Gasteiger partial charge in [-0.1, -0.05) is 29.6 Å². The van der Waals surface area contributed by atoms with E-state index in [0.717, 1.165) is 37.2 Å². The third-order valence-corrected chi connectivity index (χ3v) is 5.14. The van der Waals surface area contributed by atoms with Crippen LogP contribution >= 0.6 is 23.2 Å². The highest BCUT2D eigenvalue weighted by Gasteiger charge is 2.25. The molecule has 1 saturated heterocycles. The van der Waals surface area contributed by atoms with Crippen molar-refractivity contribution >= 4 is 40.5 Å². The molecule has 0 aromatic heterocycles. The van der Waals surface area contributed by atoms with E-state index in [1.807, 2.05) is 24.9 Å². The van der Waals surface area contributed by atoms with E-state index in [-0.39, 0.29) is 5.91 Å². The van der Waals surface area contributed by atoms with Crippen molar-refractivity contribution in [1.29, 1.82) is 0 Å². The van der Waals surface area contributed by atoms with Crippen molar-refractivity contribution in [2.45, 2.75) is 39.5 Å². The molecular weight excluding hydrogens is 359 g/mol. The smallest absolute Gasteiger partial charge is 0.282 e. The van der Waals surface area contributed by atoms with Crippen molar-refractivity contribution < 1.29 is 4.79 Å². The number of nitrogens with zero attached hydrogens (tertiary/aromatic N) is 3. The molecule has 2 aliphatic rings. The first-order valence-corrected chi connectivity index (χ1v) is 9.26. The van der Waals surface area contributed by atoms with Crippen LogP contribution in [-0.4, -0.2) is 29.7 Å². The lowest BCUT2D eigenvalue weighted by Gasteiger charge is -2.30. The molecule has 0 spiro atoms. The van der Waals surface area contributed by atoms with E-state index in [0.29, 0.717) is 27.9 Å². The van der Waals surface area contributed by atoms with Gasteiger partial charge < -0.3 is 0 Å². The number of hydrogen-bond donors (Lipinski definition) is 1. The van der Waals surface area contributed by atoms with E-state index >= 15 is 0 Å². The first kappa shape index (κ1) is 18.2. The number of allylic oxidation sites excluding steroid dienone is 2. The molecule has 5 nitrogen and oxygen atoms in total. The molecular formula is C18H22Cl2N4O. The number of carbonyl (C=O) groups excluding carboxylic acids is 1. The Morgan fingerprint density at radius 1 is 1.16 bits per heavy atom. The number of carbonyl (C=O) groups is 1. The second-order valence-corrected chi connectivity index (χ2v) is 7.33. The van der Waals surface area contributed by atoms with Crippen LogP contribution in [-0.2, 0) is 4.79 Å².